The summed E-state index contributed by atoms with van der Waals surface area (Å²) in [5.41, 5.74) is 0.536. The number of rotatable bonds is 5. The smallest absolute Gasteiger partial charge is 0.254 e. The first-order chi connectivity index (χ1) is 13.0. The average Bonchev–Trinajstić information content (AvgIpc) is 3.23. The van der Waals surface area contributed by atoms with E-state index in [1.54, 1.807) is 26.4 Å². The molecule has 27 heavy (non-hydrogen) atoms. The molecule has 0 aromatic heterocycles. The number of amides is 2. The van der Waals surface area contributed by atoms with Crippen molar-refractivity contribution in [1.29, 1.82) is 0 Å². The molecule has 0 unspecified atom stereocenters. The van der Waals surface area contributed by atoms with Crippen LogP contribution in [0.3, 0.4) is 0 Å². The van der Waals surface area contributed by atoms with Crippen molar-refractivity contribution in [3.63, 3.8) is 0 Å². The van der Waals surface area contributed by atoms with Crippen LogP contribution in [-0.4, -0.2) is 86.5 Å². The van der Waals surface area contributed by atoms with Crippen LogP contribution in [0.5, 0.6) is 11.5 Å². The van der Waals surface area contributed by atoms with Gasteiger partial charge in [-0.05, 0) is 40.9 Å². The molecule has 2 fully saturated rings. The molecule has 7 nitrogen and oxygen atoms in total. The Kier molecular flexibility index (Phi) is 6.59. The van der Waals surface area contributed by atoms with Crippen LogP contribution in [0.2, 0.25) is 0 Å². The van der Waals surface area contributed by atoms with Crippen molar-refractivity contribution in [2.24, 2.45) is 0 Å². The van der Waals surface area contributed by atoms with Crippen molar-refractivity contribution in [2.75, 3.05) is 60.0 Å². The fourth-order valence-corrected chi connectivity index (χ4v) is 4.09. The van der Waals surface area contributed by atoms with Crippen molar-refractivity contribution in [1.82, 2.24) is 14.7 Å². The molecule has 0 N–H and O–H groups in total. The highest BCUT2D eigenvalue weighted by Gasteiger charge is 2.26. The van der Waals surface area contributed by atoms with Crippen LogP contribution in [0.4, 0.5) is 0 Å². The largest absolute Gasteiger partial charge is 0.495 e. The van der Waals surface area contributed by atoms with Gasteiger partial charge >= 0.3 is 0 Å². The molecular weight excluding hydrogens is 414 g/mol. The monoisotopic (exact) mass is 439 g/mol. The van der Waals surface area contributed by atoms with E-state index in [0.29, 0.717) is 54.3 Å². The quantitative estimate of drug-likeness (QED) is 0.700. The number of carbonyl (C=O) groups is 2. The van der Waals surface area contributed by atoms with Crippen molar-refractivity contribution in [3.05, 3.63) is 22.2 Å². The highest BCUT2D eigenvalue weighted by Crippen LogP contribution is 2.36. The molecule has 3 rings (SSSR count). The number of methoxy groups -OCH3 is 2. The van der Waals surface area contributed by atoms with E-state index in [4.69, 9.17) is 9.47 Å². The topological polar surface area (TPSA) is 62.3 Å². The maximum absolute atomic E-state index is 12.9. The number of benzene rings is 1. The second-order valence-corrected chi connectivity index (χ2v) is 7.64. The minimum Gasteiger partial charge on any atom is -0.495 e. The van der Waals surface area contributed by atoms with Gasteiger partial charge in [0.2, 0.25) is 5.91 Å². The van der Waals surface area contributed by atoms with Crippen LogP contribution < -0.4 is 9.47 Å². The zero-order valence-corrected chi connectivity index (χ0v) is 17.5. The molecule has 2 saturated heterocycles. The van der Waals surface area contributed by atoms with E-state index in [-0.39, 0.29) is 11.8 Å². The number of hydrogen-bond donors (Lipinski definition) is 0. The number of hydrogen-bond acceptors (Lipinski definition) is 5. The summed E-state index contributed by atoms with van der Waals surface area (Å²) in [6.07, 6.45) is 2.21. The second kappa shape index (κ2) is 8.93. The number of halogens is 1. The summed E-state index contributed by atoms with van der Waals surface area (Å²) in [5, 5.41) is 0. The van der Waals surface area contributed by atoms with Gasteiger partial charge < -0.3 is 19.3 Å². The first-order valence-electron chi connectivity index (χ1n) is 9.24. The summed E-state index contributed by atoms with van der Waals surface area (Å²) in [6.45, 7) is 4.82. The van der Waals surface area contributed by atoms with Crippen LogP contribution in [0.15, 0.2) is 16.6 Å². The fourth-order valence-electron chi connectivity index (χ4n) is 3.54. The third-order valence-electron chi connectivity index (χ3n) is 5.17. The summed E-state index contributed by atoms with van der Waals surface area (Å²) < 4.78 is 11.3. The summed E-state index contributed by atoms with van der Waals surface area (Å²) in [6, 6.07) is 3.44. The van der Waals surface area contributed by atoms with Crippen molar-refractivity contribution < 1.29 is 19.1 Å². The van der Waals surface area contributed by atoms with Gasteiger partial charge in [0.05, 0.1) is 20.8 Å². The van der Waals surface area contributed by atoms with Crippen LogP contribution >= 0.6 is 15.9 Å². The number of piperazine rings is 1. The molecule has 0 spiro atoms. The Balaban J connectivity index is 1.59. The van der Waals surface area contributed by atoms with Crippen molar-refractivity contribution in [3.8, 4) is 11.5 Å². The molecule has 148 valence electrons. The molecule has 0 radical (unpaired) electrons. The van der Waals surface area contributed by atoms with E-state index in [2.05, 4.69) is 20.8 Å². The minimum atomic E-state index is -0.0513. The van der Waals surface area contributed by atoms with Gasteiger partial charge in [-0.1, -0.05) is 0 Å². The number of carbonyl (C=O) groups excluding carboxylic acids is 2. The van der Waals surface area contributed by atoms with E-state index in [1.807, 2.05) is 9.80 Å². The fraction of sp³-hybridized carbons (Fsp3) is 0.579. The highest BCUT2D eigenvalue weighted by molar-refractivity contribution is 9.10. The number of ether oxygens (including phenoxy) is 2. The van der Waals surface area contributed by atoms with Gasteiger partial charge in [-0.15, -0.1) is 0 Å². The van der Waals surface area contributed by atoms with E-state index in [0.717, 1.165) is 25.9 Å². The summed E-state index contributed by atoms with van der Waals surface area (Å²) in [7, 11) is 3.12. The third-order valence-corrected chi connectivity index (χ3v) is 5.95. The molecule has 0 aliphatic carbocycles. The van der Waals surface area contributed by atoms with Crippen LogP contribution in [0, 0.1) is 0 Å². The lowest BCUT2D eigenvalue weighted by Gasteiger charge is -2.35. The van der Waals surface area contributed by atoms with Gasteiger partial charge in [0.1, 0.15) is 16.0 Å². The molecule has 0 bridgehead atoms. The highest BCUT2D eigenvalue weighted by atomic mass is 79.9. The molecule has 0 atom stereocenters. The van der Waals surface area contributed by atoms with E-state index in [1.165, 1.54) is 0 Å². The molecule has 1 aromatic carbocycles. The summed E-state index contributed by atoms with van der Waals surface area (Å²) in [5.74, 6) is 1.28. The zero-order chi connectivity index (χ0) is 19.4. The lowest BCUT2D eigenvalue weighted by Crippen LogP contribution is -2.51. The van der Waals surface area contributed by atoms with E-state index < -0.39 is 0 Å². The molecule has 1 aromatic rings. The lowest BCUT2D eigenvalue weighted by molar-refractivity contribution is -0.131. The molecular formula is C19H26BrN3O4. The Bertz CT molecular complexity index is 673. The minimum absolute atomic E-state index is 0.0513. The molecule has 2 amide bonds. The van der Waals surface area contributed by atoms with E-state index >= 15 is 0 Å². The summed E-state index contributed by atoms with van der Waals surface area (Å²) >= 11 is 3.42. The standard InChI is InChI=1S/C19H26BrN3O4/c1-26-15-11-14(12-16(27-2)18(15)20)19(25)23-9-7-21(8-10-23)13-17(24)22-5-3-4-6-22/h11-12H,3-10,13H2,1-2H3. The predicted octanol–water partition coefficient (Wildman–Crippen LogP) is 1.85. The second-order valence-electron chi connectivity index (χ2n) is 6.85. The Morgan fingerprint density at radius 2 is 1.48 bits per heavy atom. The predicted molar refractivity (Wildman–Crippen MR) is 105 cm³/mol. The molecule has 0 saturated carbocycles. The van der Waals surface area contributed by atoms with Crippen LogP contribution in [0.25, 0.3) is 0 Å². The number of nitrogens with zero attached hydrogens (tertiary/aromatic N) is 3. The zero-order valence-electron chi connectivity index (χ0n) is 15.9. The van der Waals surface area contributed by atoms with Gasteiger partial charge in [0.15, 0.2) is 0 Å². The maximum atomic E-state index is 12.9. The molecule has 2 heterocycles. The normalized spacial score (nSPS) is 17.9. The first-order valence-corrected chi connectivity index (χ1v) is 10.0. The Morgan fingerprint density at radius 1 is 0.926 bits per heavy atom. The lowest BCUT2D eigenvalue weighted by atomic mass is 10.1. The van der Waals surface area contributed by atoms with Gasteiger partial charge in [0, 0.05) is 44.8 Å². The van der Waals surface area contributed by atoms with Crippen molar-refractivity contribution >= 4 is 27.7 Å². The number of likely N-dealkylation sites (tertiary alicyclic amines) is 1. The van der Waals surface area contributed by atoms with Gasteiger partial charge in [-0.25, -0.2) is 0 Å². The average molecular weight is 440 g/mol. The maximum Gasteiger partial charge on any atom is 0.254 e. The van der Waals surface area contributed by atoms with E-state index in [9.17, 15) is 9.59 Å². The van der Waals surface area contributed by atoms with Gasteiger partial charge in [0.25, 0.3) is 5.91 Å². The summed E-state index contributed by atoms with van der Waals surface area (Å²) in [4.78, 5) is 31.1. The Hall–Kier alpha value is -1.80. The first kappa shape index (κ1) is 19.9. The molecule has 2 aliphatic rings. The third kappa shape index (κ3) is 4.55. The van der Waals surface area contributed by atoms with Crippen LogP contribution in [-0.2, 0) is 4.79 Å². The van der Waals surface area contributed by atoms with Crippen LogP contribution in [0.1, 0.15) is 23.2 Å². The Morgan fingerprint density at radius 3 is 2.00 bits per heavy atom. The Labute approximate surface area is 168 Å². The molecule has 8 heteroatoms. The van der Waals surface area contributed by atoms with Gasteiger partial charge in [-0.2, -0.15) is 0 Å². The van der Waals surface area contributed by atoms with Gasteiger partial charge in [-0.3, -0.25) is 14.5 Å². The molecule has 2 aliphatic heterocycles. The SMILES string of the molecule is COc1cc(C(=O)N2CCN(CC(=O)N3CCCC3)CC2)cc(OC)c1Br. The van der Waals surface area contributed by atoms with Crippen molar-refractivity contribution in [2.45, 2.75) is 12.8 Å².